The fraction of sp³-hybridized carbons (Fsp3) is 0.466. The van der Waals surface area contributed by atoms with E-state index in [1.807, 2.05) is 20.8 Å². The topological polar surface area (TPSA) is 282 Å². The molecule has 4 aliphatic rings. The molecule has 22 nitrogen and oxygen atoms in total. The molecule has 0 aliphatic carbocycles. The number of sulfonamides is 2. The number of carbonyl (C=O) groups excluding carboxylic acids is 6. The first-order chi connectivity index (χ1) is 40.5. The number of amides is 4. The van der Waals surface area contributed by atoms with Crippen LogP contribution in [0, 0.1) is 12.7 Å². The minimum Gasteiger partial charge on any atom is -0.480 e. The number of likely N-dealkylation sites (tertiary alicyclic amines) is 1. The normalized spacial score (nSPS) is 19.5. The van der Waals surface area contributed by atoms with E-state index in [2.05, 4.69) is 10.6 Å². The van der Waals surface area contributed by atoms with Crippen LogP contribution in [-0.4, -0.2) is 173 Å². The Labute approximate surface area is 513 Å². The van der Waals surface area contributed by atoms with Crippen molar-refractivity contribution < 1.29 is 78.8 Å². The van der Waals surface area contributed by atoms with Crippen LogP contribution in [0.3, 0.4) is 0 Å². The number of rotatable bonds is 17. The van der Waals surface area contributed by atoms with Crippen LogP contribution < -0.4 is 20.1 Å². The first kappa shape index (κ1) is 67.0. The fourth-order valence-electron chi connectivity index (χ4n) is 9.72. The zero-order chi connectivity index (χ0) is 62.9. The maximum absolute atomic E-state index is 13.7. The van der Waals surface area contributed by atoms with Crippen LogP contribution in [0.5, 0.6) is 11.5 Å². The molecule has 4 aromatic rings. The van der Waals surface area contributed by atoms with Gasteiger partial charge in [0.25, 0.3) is 15.9 Å². The molecule has 4 aromatic carbocycles. The molecule has 0 saturated carbocycles. The molecule has 86 heavy (non-hydrogen) atoms. The van der Waals surface area contributed by atoms with Gasteiger partial charge in [-0.15, -0.1) is 11.8 Å². The summed E-state index contributed by atoms with van der Waals surface area (Å²) < 4.78 is 90.6. The number of hydrogen-bond acceptors (Lipinski definition) is 18. The Morgan fingerprint density at radius 3 is 2.02 bits per heavy atom. The fourth-order valence-corrected chi connectivity index (χ4v) is 15.5. The average molecular weight is 1290 g/mol. The summed E-state index contributed by atoms with van der Waals surface area (Å²) in [6.07, 6.45) is 0.343. The number of aryl methyl sites for hydroxylation is 1. The zero-order valence-electron chi connectivity index (χ0n) is 48.5. The number of nitrogens with one attached hydrogen (secondary N) is 2. The second-order valence-corrected chi connectivity index (χ2v) is 28.8. The molecular weight excluding hydrogens is 1220 g/mol. The number of halogens is 2. The van der Waals surface area contributed by atoms with Gasteiger partial charge in [-0.3, -0.25) is 19.8 Å². The minimum atomic E-state index is -4.73. The lowest BCUT2D eigenvalue weighted by atomic mass is 10.0. The third kappa shape index (κ3) is 17.2. The molecule has 4 heterocycles. The van der Waals surface area contributed by atoms with E-state index in [0.29, 0.717) is 60.9 Å². The van der Waals surface area contributed by atoms with Crippen molar-refractivity contribution >= 4 is 97.1 Å². The summed E-state index contributed by atoms with van der Waals surface area (Å²) in [5, 5.41) is 15.0. The number of ether oxygens (including phenoxy) is 4. The van der Waals surface area contributed by atoms with E-state index in [1.165, 1.54) is 46.6 Å². The lowest BCUT2D eigenvalue weighted by Gasteiger charge is -2.31. The van der Waals surface area contributed by atoms with Crippen molar-refractivity contribution in [2.45, 2.75) is 131 Å². The summed E-state index contributed by atoms with van der Waals surface area (Å²) in [5.41, 5.74) is 0.508. The smallest absolute Gasteiger partial charge is 0.415 e. The quantitative estimate of drug-likeness (QED) is 0.0894. The summed E-state index contributed by atoms with van der Waals surface area (Å²) in [6.45, 7) is 12.3. The number of thioether (sulfide) groups is 2. The third-order valence-corrected chi connectivity index (χ3v) is 20.6. The highest BCUT2D eigenvalue weighted by atomic mass is 35.5. The van der Waals surface area contributed by atoms with Gasteiger partial charge in [0.15, 0.2) is 5.75 Å². The first-order valence-corrected chi connectivity index (χ1v) is 33.0. The van der Waals surface area contributed by atoms with Crippen LogP contribution in [0.1, 0.15) is 77.0 Å². The number of nitrogens with zero attached hydrogens (tertiary/aromatic N) is 4. The van der Waals surface area contributed by atoms with Crippen LogP contribution in [0.2, 0.25) is 5.02 Å². The van der Waals surface area contributed by atoms with Gasteiger partial charge in [0.1, 0.15) is 46.7 Å². The molecule has 28 heteroatoms. The molecule has 466 valence electrons. The third-order valence-electron chi connectivity index (χ3n) is 14.1. The minimum absolute atomic E-state index is 0.0143. The Bertz CT molecular complexity index is 3370. The standard InChI is InChI=1S/C32H41N3O9S.C26H29ClFN3O7S3/c1-21-10-16-24(17-11-21)45(40,41)35-19-7-8-26(35)28(36)33-25(29(37)44-32(2,3)4)20-22-12-14-23(15-13-22)43-31(39)34-18-6-9-27(34)30(38)42-5;1-26(2)15-40-22(29-26)23(32)31(41(36,37)18-6-4-17(28)5-7-18)20(24(33)34)14-16-3-8-21(19(27)13-16)38-25(35)30-9-11-39-12-10-30/h10-17,25-27H,6-9,18-20H2,1-5H3,(H,33,36);3-8,13,20,22,29H,9-12,14-15H2,1-2H3,(H,33,34)/t25-,26-,27?;20-,22-/m00/s1. The zero-order valence-corrected chi connectivity index (χ0v) is 52.5. The highest BCUT2D eigenvalue weighted by molar-refractivity contribution is 8.01. The van der Waals surface area contributed by atoms with E-state index in [4.69, 9.17) is 30.5 Å². The van der Waals surface area contributed by atoms with E-state index in [0.717, 1.165) is 53.1 Å². The monoisotopic (exact) mass is 1290 g/mol. The molecule has 0 radical (unpaired) electrons. The predicted molar refractivity (Wildman–Crippen MR) is 319 cm³/mol. The molecule has 3 N–H and O–H groups in total. The largest absolute Gasteiger partial charge is 0.480 e. The molecule has 0 spiro atoms. The van der Waals surface area contributed by atoms with Crippen molar-refractivity contribution in [3.8, 4) is 11.5 Å². The molecule has 0 bridgehead atoms. The Kier molecular flexibility index (Phi) is 22.3. The summed E-state index contributed by atoms with van der Waals surface area (Å²) in [5.74, 6) is -2.61. The van der Waals surface area contributed by atoms with E-state index in [1.54, 1.807) is 73.8 Å². The number of carbonyl (C=O) groups is 7. The van der Waals surface area contributed by atoms with Gasteiger partial charge in [0, 0.05) is 61.8 Å². The summed E-state index contributed by atoms with van der Waals surface area (Å²) in [4.78, 5) is 92.8. The maximum Gasteiger partial charge on any atom is 0.415 e. The molecule has 0 aromatic heterocycles. The van der Waals surface area contributed by atoms with E-state index in [9.17, 15) is 59.9 Å². The van der Waals surface area contributed by atoms with Crippen LogP contribution in [0.25, 0.3) is 0 Å². The van der Waals surface area contributed by atoms with Crippen molar-refractivity contribution in [1.82, 2.24) is 29.0 Å². The van der Waals surface area contributed by atoms with E-state index < -0.39 is 120 Å². The van der Waals surface area contributed by atoms with E-state index in [-0.39, 0.29) is 39.9 Å². The number of benzene rings is 4. The Morgan fingerprint density at radius 2 is 1.43 bits per heavy atom. The Morgan fingerprint density at radius 1 is 0.814 bits per heavy atom. The van der Waals surface area contributed by atoms with Gasteiger partial charge in [-0.2, -0.15) is 16.1 Å². The first-order valence-electron chi connectivity index (χ1n) is 27.5. The van der Waals surface area contributed by atoms with Crippen molar-refractivity contribution in [3.63, 3.8) is 0 Å². The van der Waals surface area contributed by atoms with Gasteiger partial charge in [0.2, 0.25) is 15.9 Å². The summed E-state index contributed by atoms with van der Waals surface area (Å²) in [7, 11) is -7.40. The molecule has 4 amide bonds. The Balaban J connectivity index is 0.000000247. The highest BCUT2D eigenvalue weighted by Gasteiger charge is 2.47. The number of carboxylic acid groups (broad SMARTS) is 1. The van der Waals surface area contributed by atoms with Crippen molar-refractivity contribution in [1.29, 1.82) is 0 Å². The van der Waals surface area contributed by atoms with Gasteiger partial charge in [-0.05, 0) is 139 Å². The van der Waals surface area contributed by atoms with Crippen molar-refractivity contribution in [2.75, 3.05) is 50.5 Å². The van der Waals surface area contributed by atoms with Crippen LogP contribution >= 0.6 is 35.1 Å². The van der Waals surface area contributed by atoms with Crippen molar-refractivity contribution in [2.24, 2.45) is 0 Å². The van der Waals surface area contributed by atoms with Gasteiger partial charge in [-0.25, -0.2) is 49.5 Å². The molecule has 5 atom stereocenters. The van der Waals surface area contributed by atoms with Crippen LogP contribution in [0.4, 0.5) is 14.0 Å². The molecular formula is C58H70ClFN6O16S4. The van der Waals surface area contributed by atoms with Gasteiger partial charge < -0.3 is 34.3 Å². The number of carboxylic acids is 1. The van der Waals surface area contributed by atoms with Gasteiger partial charge in [-0.1, -0.05) is 47.5 Å². The van der Waals surface area contributed by atoms with E-state index >= 15 is 0 Å². The average Bonchev–Trinajstić information content (AvgIpc) is 1.42. The number of esters is 2. The molecule has 4 fully saturated rings. The Hall–Kier alpha value is -6.49. The van der Waals surface area contributed by atoms with Crippen molar-refractivity contribution in [3.05, 3.63) is 119 Å². The second kappa shape index (κ2) is 28.6. The second-order valence-electron chi connectivity index (χ2n) is 22.4. The lowest BCUT2D eigenvalue weighted by molar-refractivity contribution is -0.158. The molecule has 8 rings (SSSR count). The molecule has 4 saturated heterocycles. The molecule has 4 aliphatic heterocycles. The van der Waals surface area contributed by atoms with Gasteiger partial charge in [0.05, 0.1) is 21.9 Å². The molecule has 1 unspecified atom stereocenters. The van der Waals surface area contributed by atoms with Gasteiger partial charge >= 0.3 is 30.1 Å². The maximum atomic E-state index is 13.7. The van der Waals surface area contributed by atoms with Crippen LogP contribution in [-0.2, 0) is 66.3 Å². The summed E-state index contributed by atoms with van der Waals surface area (Å²) in [6, 6.07) is 16.2. The number of hydrogen-bond donors (Lipinski definition) is 3. The number of methoxy groups -OCH3 is 1. The lowest BCUT2D eigenvalue weighted by Crippen LogP contribution is -2.55. The highest BCUT2D eigenvalue weighted by Crippen LogP contribution is 2.34. The van der Waals surface area contributed by atoms with Crippen LogP contribution in [0.15, 0.2) is 101 Å². The summed E-state index contributed by atoms with van der Waals surface area (Å²) >= 11 is 9.25. The number of aliphatic carboxylic acids is 1. The SMILES string of the molecule is CC1(C)CS[C@@H](C(=O)N([C@@H](Cc2ccc(OC(=O)N3CCSCC3)c(Cl)c2)C(=O)O)S(=O)(=O)c2ccc(F)cc2)N1.COC(=O)C1CCCN1C(=O)Oc1ccc(C[C@H](NC(=O)[C@@H]2CCCN2S(=O)(=O)c2ccc(C)cc2)C(=O)OC(C)(C)C)cc1. The predicted octanol–water partition coefficient (Wildman–Crippen LogP) is 7.03.